The molecule has 0 aliphatic carbocycles. The molecular formula is C10H10CuO4. The maximum Gasteiger partial charge on any atom is 2.00 e. The molecule has 2 atom stereocenters. The second-order valence-corrected chi connectivity index (χ2v) is 2.44. The van der Waals surface area contributed by atoms with Gasteiger partial charge < -0.3 is 19.7 Å². The summed E-state index contributed by atoms with van der Waals surface area (Å²) < 4.78 is 8.91. The van der Waals surface area contributed by atoms with Crippen LogP contribution in [-0.4, -0.2) is 12.6 Å². The summed E-state index contributed by atoms with van der Waals surface area (Å²) in [5.41, 5.74) is 0. The standard InChI is InChI=1S/2C5H5O2.Cu/c2*6-5-3-1-2-4-7-5;/h2*1-5H;/q2*-1;+2. The van der Waals surface area contributed by atoms with Crippen molar-refractivity contribution in [2.75, 3.05) is 0 Å². The van der Waals surface area contributed by atoms with Gasteiger partial charge in [0.1, 0.15) is 0 Å². The van der Waals surface area contributed by atoms with Gasteiger partial charge in [0, 0.05) is 12.6 Å². The first-order valence-corrected chi connectivity index (χ1v) is 4.08. The first kappa shape index (κ1) is 14.0. The van der Waals surface area contributed by atoms with E-state index in [0.717, 1.165) is 0 Å². The molecule has 0 spiro atoms. The van der Waals surface area contributed by atoms with Crippen molar-refractivity contribution in [3.63, 3.8) is 0 Å². The van der Waals surface area contributed by atoms with E-state index in [2.05, 4.69) is 9.47 Å². The quantitative estimate of drug-likeness (QED) is 0.551. The van der Waals surface area contributed by atoms with E-state index >= 15 is 0 Å². The van der Waals surface area contributed by atoms with Crippen LogP contribution in [0.25, 0.3) is 0 Å². The van der Waals surface area contributed by atoms with Gasteiger partial charge >= 0.3 is 17.1 Å². The van der Waals surface area contributed by atoms with Gasteiger partial charge in [-0.1, -0.05) is 24.3 Å². The van der Waals surface area contributed by atoms with Crippen LogP contribution in [0.5, 0.6) is 0 Å². The molecule has 2 heterocycles. The summed E-state index contributed by atoms with van der Waals surface area (Å²) in [5, 5.41) is 20.4. The van der Waals surface area contributed by atoms with Crippen LogP contribution in [0.15, 0.2) is 49.0 Å². The van der Waals surface area contributed by atoms with Gasteiger partial charge in [-0.25, -0.2) is 0 Å². The normalized spacial score (nSPS) is 25.5. The minimum atomic E-state index is -0.981. The summed E-state index contributed by atoms with van der Waals surface area (Å²) in [6.45, 7) is 0. The van der Waals surface area contributed by atoms with E-state index in [1.54, 1.807) is 24.3 Å². The fourth-order valence-corrected chi connectivity index (χ4v) is 0.737. The van der Waals surface area contributed by atoms with Crippen LogP contribution in [0, 0.1) is 0 Å². The summed E-state index contributed by atoms with van der Waals surface area (Å²) in [7, 11) is 0. The molecule has 1 radical (unpaired) electrons. The van der Waals surface area contributed by atoms with E-state index in [9.17, 15) is 10.2 Å². The number of rotatable bonds is 0. The monoisotopic (exact) mass is 257 g/mol. The van der Waals surface area contributed by atoms with Crippen LogP contribution in [0.1, 0.15) is 0 Å². The Kier molecular flexibility index (Phi) is 7.76. The molecule has 0 N–H and O–H groups in total. The molecule has 5 heteroatoms. The predicted octanol–water partition coefficient (Wildman–Crippen LogP) is -0.457. The van der Waals surface area contributed by atoms with Crippen LogP contribution < -0.4 is 10.2 Å². The summed E-state index contributed by atoms with van der Waals surface area (Å²) in [6, 6.07) is 0. The fraction of sp³-hybridized carbons (Fsp3) is 0.200. The summed E-state index contributed by atoms with van der Waals surface area (Å²) >= 11 is 0. The van der Waals surface area contributed by atoms with Gasteiger partial charge in [-0.2, -0.15) is 0 Å². The largest absolute Gasteiger partial charge is 2.00 e. The minimum Gasteiger partial charge on any atom is -0.818 e. The first-order valence-electron chi connectivity index (χ1n) is 4.08. The molecule has 2 rings (SSSR count). The molecule has 2 aliphatic rings. The molecule has 15 heavy (non-hydrogen) atoms. The molecule has 0 aromatic rings. The Bertz CT molecular complexity index is 243. The van der Waals surface area contributed by atoms with Crippen molar-refractivity contribution in [3.8, 4) is 0 Å². The Morgan fingerprint density at radius 2 is 1.13 bits per heavy atom. The van der Waals surface area contributed by atoms with E-state index in [1.165, 1.54) is 24.7 Å². The number of hydrogen-bond acceptors (Lipinski definition) is 4. The van der Waals surface area contributed by atoms with Gasteiger partial charge in [0.2, 0.25) is 0 Å². The van der Waals surface area contributed by atoms with Crippen LogP contribution in [0.4, 0.5) is 0 Å². The zero-order valence-electron chi connectivity index (χ0n) is 7.71. The molecule has 0 saturated heterocycles. The molecule has 0 amide bonds. The molecular weight excluding hydrogens is 248 g/mol. The van der Waals surface area contributed by atoms with Crippen LogP contribution in [-0.2, 0) is 26.5 Å². The topological polar surface area (TPSA) is 64.6 Å². The van der Waals surface area contributed by atoms with Crippen molar-refractivity contribution in [2.45, 2.75) is 12.6 Å². The van der Waals surface area contributed by atoms with E-state index in [0.29, 0.717) is 0 Å². The van der Waals surface area contributed by atoms with Crippen molar-refractivity contribution in [3.05, 3.63) is 49.0 Å². The van der Waals surface area contributed by atoms with Gasteiger partial charge in [-0.3, -0.25) is 0 Å². The predicted molar refractivity (Wildman–Crippen MR) is 46.3 cm³/mol. The molecule has 2 aliphatic heterocycles. The van der Waals surface area contributed by atoms with Crippen molar-refractivity contribution in [1.82, 2.24) is 0 Å². The fourth-order valence-electron chi connectivity index (χ4n) is 0.737. The van der Waals surface area contributed by atoms with E-state index in [1.807, 2.05) is 0 Å². The summed E-state index contributed by atoms with van der Waals surface area (Å²) in [5.74, 6) is 0. The summed E-state index contributed by atoms with van der Waals surface area (Å²) in [6.07, 6.45) is 10.4. The Balaban J connectivity index is 0.000000245. The van der Waals surface area contributed by atoms with Gasteiger partial charge in [0.25, 0.3) is 0 Å². The van der Waals surface area contributed by atoms with E-state index in [-0.39, 0.29) is 17.1 Å². The van der Waals surface area contributed by atoms with Crippen molar-refractivity contribution in [1.29, 1.82) is 0 Å². The van der Waals surface area contributed by atoms with Crippen molar-refractivity contribution in [2.24, 2.45) is 0 Å². The molecule has 0 aromatic heterocycles. The third-order valence-electron chi connectivity index (χ3n) is 1.34. The molecule has 0 bridgehead atoms. The van der Waals surface area contributed by atoms with Gasteiger partial charge in [0.15, 0.2) is 0 Å². The van der Waals surface area contributed by atoms with Gasteiger partial charge in [-0.05, 0) is 12.2 Å². The molecule has 0 fully saturated rings. The smallest absolute Gasteiger partial charge is 0.818 e. The SMILES string of the molecule is [Cu+2].[O-]C1C=CC=CO1.[O-]C1C=CC=CO1. The zero-order valence-corrected chi connectivity index (χ0v) is 8.65. The minimum absolute atomic E-state index is 0. The molecule has 0 aromatic carbocycles. The average molecular weight is 258 g/mol. The van der Waals surface area contributed by atoms with Crippen LogP contribution in [0.2, 0.25) is 0 Å². The second kappa shape index (κ2) is 8.32. The Labute approximate surface area is 98.7 Å². The van der Waals surface area contributed by atoms with Gasteiger partial charge in [-0.15, -0.1) is 0 Å². The molecule has 0 saturated carbocycles. The number of ether oxygens (including phenoxy) is 2. The number of hydrogen-bond donors (Lipinski definition) is 0. The van der Waals surface area contributed by atoms with E-state index in [4.69, 9.17) is 0 Å². The maximum absolute atomic E-state index is 10.2. The Morgan fingerprint density at radius 1 is 0.733 bits per heavy atom. The average Bonchev–Trinajstić information content (AvgIpc) is 2.21. The number of allylic oxidation sites excluding steroid dienone is 4. The summed E-state index contributed by atoms with van der Waals surface area (Å²) in [4.78, 5) is 0. The zero-order chi connectivity index (χ0) is 10.2. The second-order valence-electron chi connectivity index (χ2n) is 2.44. The molecule has 4 nitrogen and oxygen atoms in total. The Hall–Kier alpha value is -1.00. The maximum atomic E-state index is 10.2. The van der Waals surface area contributed by atoms with Crippen molar-refractivity contribution < 1.29 is 36.8 Å². The molecule has 2 unspecified atom stereocenters. The Morgan fingerprint density at radius 3 is 1.27 bits per heavy atom. The van der Waals surface area contributed by atoms with Gasteiger partial charge in [0.05, 0.1) is 12.5 Å². The van der Waals surface area contributed by atoms with Crippen LogP contribution in [0.3, 0.4) is 0 Å². The third-order valence-corrected chi connectivity index (χ3v) is 1.34. The first-order chi connectivity index (χ1) is 6.79. The molecule has 85 valence electrons. The third kappa shape index (κ3) is 6.99. The van der Waals surface area contributed by atoms with Crippen molar-refractivity contribution >= 4 is 0 Å². The van der Waals surface area contributed by atoms with E-state index < -0.39 is 12.6 Å². The van der Waals surface area contributed by atoms with Crippen LogP contribution >= 0.6 is 0 Å².